The first-order valence-corrected chi connectivity index (χ1v) is 5.41. The maximum atomic E-state index is 10.2. The van der Waals surface area contributed by atoms with Crippen molar-refractivity contribution in [3.63, 3.8) is 0 Å². The van der Waals surface area contributed by atoms with Gasteiger partial charge in [-0.15, -0.1) is 0 Å². The summed E-state index contributed by atoms with van der Waals surface area (Å²) in [5.41, 5.74) is 4.53. The Labute approximate surface area is 107 Å². The van der Waals surface area contributed by atoms with Crippen molar-refractivity contribution in [1.29, 1.82) is 0 Å². The van der Waals surface area contributed by atoms with Crippen LogP contribution in [0.4, 0.5) is 0 Å². The van der Waals surface area contributed by atoms with Gasteiger partial charge in [-0.05, 0) is 12.5 Å². The molecule has 0 aromatic heterocycles. The molecule has 2 N–H and O–H groups in total. The van der Waals surface area contributed by atoms with Crippen molar-refractivity contribution < 1.29 is 17.4 Å². The first-order chi connectivity index (χ1) is 5.83. The first-order valence-electron chi connectivity index (χ1n) is 3.59. The fourth-order valence-electron chi connectivity index (χ4n) is 0.235. The normalized spacial score (nSPS) is 9.00. The summed E-state index contributed by atoms with van der Waals surface area (Å²) in [6.45, 7) is 5.23. The molecule has 0 spiro atoms. The molecule has 0 radical (unpaired) electrons. The van der Waals surface area contributed by atoms with Crippen LogP contribution < -0.4 is 5.73 Å². The Balaban J connectivity index is -0.000000177. The molecule has 5 nitrogen and oxygen atoms in total. The fraction of sp³-hybridized carbons (Fsp3) is 0.571. The molecule has 0 aliphatic carbocycles. The van der Waals surface area contributed by atoms with Crippen molar-refractivity contribution in [2.45, 2.75) is 13.3 Å². The van der Waals surface area contributed by atoms with Crippen molar-refractivity contribution in [3.8, 4) is 0 Å². The Morgan fingerprint density at radius 2 is 1.93 bits per heavy atom. The molecule has 0 aliphatic rings. The third-order valence-electron chi connectivity index (χ3n) is 0.703. The summed E-state index contributed by atoms with van der Waals surface area (Å²) in [6.07, 6.45) is 2.83. The molecule has 0 aromatic carbocycles. The van der Waals surface area contributed by atoms with Crippen molar-refractivity contribution in [2.75, 3.05) is 12.9 Å². The molecule has 0 aliphatic heterocycles. The van der Waals surface area contributed by atoms with Crippen molar-refractivity contribution in [1.82, 2.24) is 0 Å². The summed E-state index contributed by atoms with van der Waals surface area (Å²) in [5, 5.41) is 0. The summed E-state index contributed by atoms with van der Waals surface area (Å²) in [4.78, 5) is 9.47. The molecular weight excluding hydrogens is 217 g/mol. The van der Waals surface area contributed by atoms with Gasteiger partial charge < -0.3 is 5.73 Å². The van der Waals surface area contributed by atoms with E-state index in [4.69, 9.17) is 0 Å². The molecule has 0 heterocycles. The van der Waals surface area contributed by atoms with Crippen LogP contribution in [0.5, 0.6) is 0 Å². The summed E-state index contributed by atoms with van der Waals surface area (Å²) in [7, 11) is -3.19. The van der Waals surface area contributed by atoms with E-state index in [1.54, 1.807) is 0 Å². The molecule has 14 heavy (non-hydrogen) atoms. The van der Waals surface area contributed by atoms with Gasteiger partial charge in [0.1, 0.15) is 0 Å². The van der Waals surface area contributed by atoms with Crippen molar-refractivity contribution in [3.05, 3.63) is 12.7 Å². The molecule has 7 heteroatoms. The molecule has 1 amide bonds. The van der Waals surface area contributed by atoms with Crippen LogP contribution in [0.25, 0.3) is 0 Å². The van der Waals surface area contributed by atoms with E-state index in [0.717, 1.165) is 18.8 Å². The molecule has 0 saturated heterocycles. The van der Waals surface area contributed by atoms with Crippen LogP contribution >= 0.6 is 0 Å². The quantitative estimate of drug-likeness (QED) is 0.398. The monoisotopic (exact) mass is 233 g/mol. The van der Waals surface area contributed by atoms with Crippen LogP contribution in [0.2, 0.25) is 0 Å². The molecular formula is C7H16NNaO4S. The zero-order valence-corrected chi connectivity index (χ0v) is 8.63. The summed E-state index contributed by atoms with van der Waals surface area (Å²) >= 11 is 0. The molecule has 80 valence electrons. The second-order valence-corrected chi connectivity index (χ2v) is 3.78. The number of carbonyl (C=O) groups excluding carboxylic acids is 1. The average molecular weight is 233 g/mol. The standard InChI is InChI=1S/C4H10O3S.C3H5NO.Na.H/c1-3-4-7-8(2,5)6;1-2-3(4)5;;/h3-4H2,1-2H3;2H,1H2,(H2,4,5);;. The number of rotatable bonds is 4. The molecule has 0 fully saturated rings. The van der Waals surface area contributed by atoms with Gasteiger partial charge >= 0.3 is 29.6 Å². The zero-order chi connectivity index (χ0) is 10.9. The third kappa shape index (κ3) is 29.6. The molecule has 0 aromatic rings. The number of hydrogen-bond acceptors (Lipinski definition) is 4. The third-order valence-corrected chi connectivity index (χ3v) is 1.30. The van der Waals surface area contributed by atoms with Crippen LogP contribution in [-0.4, -0.2) is 56.7 Å². The Morgan fingerprint density at radius 1 is 1.57 bits per heavy atom. The molecule has 0 saturated carbocycles. The minimum atomic E-state index is -3.19. The van der Waals surface area contributed by atoms with Crippen molar-refractivity contribution >= 4 is 45.6 Å². The topological polar surface area (TPSA) is 86.5 Å². The van der Waals surface area contributed by atoms with Gasteiger partial charge in [0.15, 0.2) is 0 Å². The van der Waals surface area contributed by atoms with E-state index < -0.39 is 16.0 Å². The maximum absolute atomic E-state index is 10.2. The van der Waals surface area contributed by atoms with Gasteiger partial charge in [0, 0.05) is 0 Å². The van der Waals surface area contributed by atoms with Gasteiger partial charge in [-0.2, -0.15) is 8.42 Å². The summed E-state index contributed by atoms with van der Waals surface area (Å²) < 4.78 is 24.7. The molecule has 0 bridgehead atoms. The predicted octanol–water partition coefficient (Wildman–Crippen LogP) is -0.618. The van der Waals surface area contributed by atoms with Crippen LogP contribution in [0.15, 0.2) is 12.7 Å². The Hall–Kier alpha value is 0.120. The minimum absolute atomic E-state index is 0. The van der Waals surface area contributed by atoms with Gasteiger partial charge in [-0.1, -0.05) is 13.5 Å². The predicted molar refractivity (Wildman–Crippen MR) is 57.6 cm³/mol. The number of hydrogen-bond donors (Lipinski definition) is 1. The van der Waals surface area contributed by atoms with Crippen molar-refractivity contribution in [2.24, 2.45) is 5.73 Å². The van der Waals surface area contributed by atoms with E-state index >= 15 is 0 Å². The van der Waals surface area contributed by atoms with Crippen LogP contribution in [0.3, 0.4) is 0 Å². The Morgan fingerprint density at radius 3 is 2.00 bits per heavy atom. The summed E-state index contributed by atoms with van der Waals surface area (Å²) in [6, 6.07) is 0. The fourth-order valence-corrected chi connectivity index (χ4v) is 0.704. The van der Waals surface area contributed by atoms with Gasteiger partial charge in [0.2, 0.25) is 5.91 Å². The summed E-state index contributed by atoms with van der Waals surface area (Å²) in [5.74, 6) is -0.481. The van der Waals surface area contributed by atoms with E-state index in [1.165, 1.54) is 0 Å². The van der Waals surface area contributed by atoms with E-state index in [9.17, 15) is 13.2 Å². The van der Waals surface area contributed by atoms with Crippen LogP contribution in [0, 0.1) is 0 Å². The Kier molecular flexibility index (Phi) is 15.7. The molecule has 0 rings (SSSR count). The Bertz CT molecular complexity index is 250. The van der Waals surface area contributed by atoms with Crippen LogP contribution in [-0.2, 0) is 19.1 Å². The molecule has 0 unspecified atom stereocenters. The van der Waals surface area contributed by atoms with Gasteiger partial charge in [0.25, 0.3) is 10.1 Å². The average Bonchev–Trinajstić information content (AvgIpc) is 2.00. The van der Waals surface area contributed by atoms with E-state index in [2.05, 4.69) is 16.5 Å². The van der Waals surface area contributed by atoms with Gasteiger partial charge in [-0.3, -0.25) is 8.98 Å². The second-order valence-electron chi connectivity index (χ2n) is 2.13. The second kappa shape index (κ2) is 11.2. The van der Waals surface area contributed by atoms with Crippen LogP contribution in [0.1, 0.15) is 13.3 Å². The van der Waals surface area contributed by atoms with E-state index in [-0.39, 0.29) is 29.6 Å². The number of amides is 1. The molecule has 0 atom stereocenters. The SMILES string of the molecule is C=CC(N)=O.CCCOS(C)(=O)=O.[NaH]. The first kappa shape index (κ1) is 19.7. The van der Waals surface area contributed by atoms with Gasteiger partial charge in [-0.25, -0.2) is 0 Å². The number of primary amides is 1. The zero-order valence-electron chi connectivity index (χ0n) is 7.82. The number of carbonyl (C=O) groups is 1. The van der Waals surface area contributed by atoms with E-state index in [1.807, 2.05) is 6.92 Å². The number of nitrogens with two attached hydrogens (primary N) is 1. The van der Waals surface area contributed by atoms with E-state index in [0.29, 0.717) is 6.61 Å². The van der Waals surface area contributed by atoms with Gasteiger partial charge in [0.05, 0.1) is 12.9 Å².